The lowest BCUT2D eigenvalue weighted by Crippen LogP contribution is -2.37. The van der Waals surface area contributed by atoms with E-state index < -0.39 is 0 Å². The third-order valence-electron chi connectivity index (χ3n) is 3.65. The van der Waals surface area contributed by atoms with E-state index in [9.17, 15) is 0 Å². The second kappa shape index (κ2) is 6.07. The minimum Gasteiger partial charge on any atom is -0.496 e. The fourth-order valence-electron chi connectivity index (χ4n) is 2.58. The van der Waals surface area contributed by atoms with Gasteiger partial charge in [0.25, 0.3) is 0 Å². The van der Waals surface area contributed by atoms with Gasteiger partial charge in [-0.1, -0.05) is 6.07 Å². The number of benzene rings is 1. The zero-order chi connectivity index (χ0) is 13.0. The summed E-state index contributed by atoms with van der Waals surface area (Å²) in [6.45, 7) is 2.53. The van der Waals surface area contributed by atoms with E-state index in [4.69, 9.17) is 15.2 Å². The molecule has 100 valence electrons. The van der Waals surface area contributed by atoms with Crippen molar-refractivity contribution in [2.75, 3.05) is 32.2 Å². The van der Waals surface area contributed by atoms with Crippen molar-refractivity contribution < 1.29 is 9.47 Å². The molecule has 4 heteroatoms. The Balaban J connectivity index is 2.18. The minimum absolute atomic E-state index is 0.396. The minimum atomic E-state index is 0.396. The Morgan fingerprint density at radius 2 is 2.00 bits per heavy atom. The molecule has 0 aromatic heterocycles. The van der Waals surface area contributed by atoms with Crippen LogP contribution in [-0.2, 0) is 11.3 Å². The van der Waals surface area contributed by atoms with Crippen LogP contribution < -0.4 is 15.4 Å². The van der Waals surface area contributed by atoms with E-state index in [-0.39, 0.29) is 0 Å². The lowest BCUT2D eigenvalue weighted by molar-refractivity contribution is 0.0819. The molecule has 0 atom stereocenters. The number of rotatable bonds is 4. The predicted molar refractivity (Wildman–Crippen MR) is 73.1 cm³/mol. The summed E-state index contributed by atoms with van der Waals surface area (Å²) in [6.07, 6.45) is 2.53. The molecule has 1 fully saturated rings. The first-order valence-electron chi connectivity index (χ1n) is 6.43. The topological polar surface area (TPSA) is 47.7 Å². The number of piperidine rings is 1. The maximum absolute atomic E-state index is 5.86. The van der Waals surface area contributed by atoms with Gasteiger partial charge in [0.2, 0.25) is 0 Å². The van der Waals surface area contributed by atoms with Crippen molar-refractivity contribution in [3.05, 3.63) is 23.8 Å². The first kappa shape index (κ1) is 13.2. The first-order chi connectivity index (χ1) is 8.80. The molecular formula is C14H22N2O2. The maximum Gasteiger partial charge on any atom is 0.125 e. The molecule has 0 spiro atoms. The Labute approximate surface area is 109 Å². The molecule has 1 saturated heterocycles. The summed E-state index contributed by atoms with van der Waals surface area (Å²) < 4.78 is 10.8. The van der Waals surface area contributed by atoms with Crippen LogP contribution in [0, 0.1) is 0 Å². The molecule has 2 rings (SSSR count). The van der Waals surface area contributed by atoms with Gasteiger partial charge in [0, 0.05) is 38.0 Å². The quantitative estimate of drug-likeness (QED) is 0.884. The van der Waals surface area contributed by atoms with Gasteiger partial charge in [0.15, 0.2) is 0 Å². The smallest absolute Gasteiger partial charge is 0.125 e. The zero-order valence-corrected chi connectivity index (χ0v) is 11.2. The normalized spacial score (nSPS) is 16.9. The summed E-state index contributed by atoms with van der Waals surface area (Å²) in [7, 11) is 3.48. The molecule has 1 aliphatic rings. The van der Waals surface area contributed by atoms with Crippen molar-refractivity contribution in [3.8, 4) is 5.75 Å². The van der Waals surface area contributed by atoms with Gasteiger partial charge < -0.3 is 20.1 Å². The van der Waals surface area contributed by atoms with Crippen molar-refractivity contribution in [2.45, 2.75) is 25.5 Å². The molecule has 18 heavy (non-hydrogen) atoms. The Hall–Kier alpha value is -1.26. The molecule has 1 aromatic carbocycles. The number of nitrogens with two attached hydrogens (primary N) is 1. The van der Waals surface area contributed by atoms with Gasteiger partial charge in [-0.3, -0.25) is 0 Å². The van der Waals surface area contributed by atoms with Crippen LogP contribution in [0.1, 0.15) is 18.4 Å². The lowest BCUT2D eigenvalue weighted by atomic mass is 10.0. The summed E-state index contributed by atoms with van der Waals surface area (Å²) in [5, 5.41) is 0. The third kappa shape index (κ3) is 2.60. The maximum atomic E-state index is 5.86. The van der Waals surface area contributed by atoms with Crippen molar-refractivity contribution in [3.63, 3.8) is 0 Å². The van der Waals surface area contributed by atoms with Crippen molar-refractivity contribution >= 4 is 5.69 Å². The Morgan fingerprint density at radius 3 is 2.56 bits per heavy atom. The fourth-order valence-corrected chi connectivity index (χ4v) is 2.58. The van der Waals surface area contributed by atoms with Crippen LogP contribution in [-0.4, -0.2) is 33.4 Å². The van der Waals surface area contributed by atoms with E-state index >= 15 is 0 Å². The van der Waals surface area contributed by atoms with Gasteiger partial charge in [-0.2, -0.15) is 0 Å². The van der Waals surface area contributed by atoms with E-state index in [1.54, 1.807) is 14.2 Å². The van der Waals surface area contributed by atoms with Crippen molar-refractivity contribution in [2.24, 2.45) is 5.73 Å². The Kier molecular flexibility index (Phi) is 4.44. The predicted octanol–water partition coefficient (Wildman–Crippen LogP) is 1.77. The second-order valence-corrected chi connectivity index (χ2v) is 4.58. The highest BCUT2D eigenvalue weighted by Crippen LogP contribution is 2.31. The second-order valence-electron chi connectivity index (χ2n) is 4.58. The van der Waals surface area contributed by atoms with Crippen LogP contribution in [0.25, 0.3) is 0 Å². The molecule has 0 amide bonds. The SMILES string of the molecule is COc1cccc(N2CCC(OC)CC2)c1CN. The number of methoxy groups -OCH3 is 2. The largest absolute Gasteiger partial charge is 0.496 e. The lowest BCUT2D eigenvalue weighted by Gasteiger charge is -2.34. The third-order valence-corrected chi connectivity index (χ3v) is 3.65. The van der Waals surface area contributed by atoms with Gasteiger partial charge in [0.1, 0.15) is 5.75 Å². The van der Waals surface area contributed by atoms with Crippen LogP contribution >= 0.6 is 0 Å². The molecule has 0 aliphatic carbocycles. The Morgan fingerprint density at radius 1 is 1.28 bits per heavy atom. The number of hydrogen-bond acceptors (Lipinski definition) is 4. The van der Waals surface area contributed by atoms with Crippen LogP contribution in [0.4, 0.5) is 5.69 Å². The summed E-state index contributed by atoms with van der Waals surface area (Å²) in [5.74, 6) is 0.879. The average Bonchev–Trinajstić information content (AvgIpc) is 2.46. The number of hydrogen-bond donors (Lipinski definition) is 1. The fraction of sp³-hybridized carbons (Fsp3) is 0.571. The molecule has 2 N–H and O–H groups in total. The van der Waals surface area contributed by atoms with Crippen molar-refractivity contribution in [1.29, 1.82) is 0 Å². The molecule has 1 aliphatic heterocycles. The first-order valence-corrected chi connectivity index (χ1v) is 6.43. The van der Waals surface area contributed by atoms with Crippen LogP contribution in [0.2, 0.25) is 0 Å². The number of nitrogens with zero attached hydrogens (tertiary/aromatic N) is 1. The standard InChI is InChI=1S/C14H22N2O2/c1-17-11-6-8-16(9-7-11)13-4-3-5-14(18-2)12(13)10-15/h3-5,11H,6-10,15H2,1-2H3. The average molecular weight is 250 g/mol. The van der Waals surface area contributed by atoms with Crippen LogP contribution in [0.15, 0.2) is 18.2 Å². The van der Waals surface area contributed by atoms with Gasteiger partial charge >= 0.3 is 0 Å². The molecule has 1 aromatic rings. The molecule has 0 saturated carbocycles. The number of ether oxygens (including phenoxy) is 2. The highest BCUT2D eigenvalue weighted by atomic mass is 16.5. The highest BCUT2D eigenvalue weighted by Gasteiger charge is 2.21. The summed E-state index contributed by atoms with van der Waals surface area (Å²) in [4.78, 5) is 2.38. The van der Waals surface area contributed by atoms with E-state index in [1.807, 2.05) is 12.1 Å². The number of anilines is 1. The van der Waals surface area contributed by atoms with Gasteiger partial charge in [-0.25, -0.2) is 0 Å². The highest BCUT2D eigenvalue weighted by molar-refractivity contribution is 5.59. The molecule has 0 bridgehead atoms. The van der Waals surface area contributed by atoms with Gasteiger partial charge in [0.05, 0.1) is 13.2 Å². The van der Waals surface area contributed by atoms with Gasteiger partial charge in [-0.05, 0) is 25.0 Å². The van der Waals surface area contributed by atoms with Gasteiger partial charge in [-0.15, -0.1) is 0 Å². The molecule has 0 unspecified atom stereocenters. The van der Waals surface area contributed by atoms with Crippen LogP contribution in [0.5, 0.6) is 5.75 Å². The Bertz CT molecular complexity index is 387. The monoisotopic (exact) mass is 250 g/mol. The molecule has 1 heterocycles. The summed E-state index contributed by atoms with van der Waals surface area (Å²) >= 11 is 0. The molecule has 0 radical (unpaired) electrons. The van der Waals surface area contributed by atoms with E-state index in [0.29, 0.717) is 12.6 Å². The molecule has 4 nitrogen and oxygen atoms in total. The van der Waals surface area contributed by atoms with Crippen LogP contribution in [0.3, 0.4) is 0 Å². The van der Waals surface area contributed by atoms with E-state index in [2.05, 4.69) is 11.0 Å². The van der Waals surface area contributed by atoms with E-state index in [0.717, 1.165) is 37.2 Å². The zero-order valence-electron chi connectivity index (χ0n) is 11.2. The van der Waals surface area contributed by atoms with Crippen molar-refractivity contribution in [1.82, 2.24) is 0 Å². The summed E-state index contributed by atoms with van der Waals surface area (Å²) in [5.41, 5.74) is 8.15. The molecular weight excluding hydrogens is 228 g/mol. The van der Waals surface area contributed by atoms with E-state index in [1.165, 1.54) is 5.69 Å². The summed E-state index contributed by atoms with van der Waals surface area (Å²) in [6, 6.07) is 6.11.